The second-order valence-corrected chi connectivity index (χ2v) is 8.02. The van der Waals surface area contributed by atoms with Crippen molar-refractivity contribution in [3.63, 3.8) is 0 Å². The van der Waals surface area contributed by atoms with E-state index in [1.165, 1.54) is 23.3 Å². The molecule has 0 atom stereocenters. The van der Waals surface area contributed by atoms with E-state index in [-0.39, 0.29) is 11.5 Å². The van der Waals surface area contributed by atoms with Crippen LogP contribution in [-0.4, -0.2) is 18.9 Å². The summed E-state index contributed by atoms with van der Waals surface area (Å²) in [5.74, 6) is 1.76. The van der Waals surface area contributed by atoms with E-state index in [0.29, 0.717) is 28.4 Å². The van der Waals surface area contributed by atoms with Crippen LogP contribution in [0.25, 0.3) is 10.9 Å². The van der Waals surface area contributed by atoms with Crippen LogP contribution < -0.4 is 5.56 Å². The maximum absolute atomic E-state index is 13.0. The summed E-state index contributed by atoms with van der Waals surface area (Å²) >= 11 is 2.68. The van der Waals surface area contributed by atoms with Crippen molar-refractivity contribution in [2.75, 3.05) is 0 Å². The molecule has 0 aliphatic rings. The monoisotopic (exact) mass is 384 g/mol. The average Bonchev–Trinajstić information content (AvgIpc) is 3.30. The summed E-state index contributed by atoms with van der Waals surface area (Å²) in [7, 11) is 0. The van der Waals surface area contributed by atoms with E-state index in [4.69, 9.17) is 4.42 Å². The molecule has 0 unspecified atom stereocenters. The van der Waals surface area contributed by atoms with Crippen molar-refractivity contribution in [1.29, 1.82) is 0 Å². The molecule has 1 aromatic carbocycles. The highest BCUT2D eigenvalue weighted by Gasteiger charge is 2.16. The molecule has 4 rings (SSSR count). The molecule has 4 aromatic rings. The molecule has 0 saturated heterocycles. The zero-order chi connectivity index (χ0) is 18.1. The van der Waals surface area contributed by atoms with Crippen molar-refractivity contribution in [3.05, 3.63) is 64.6 Å². The molecule has 0 bridgehead atoms. The van der Waals surface area contributed by atoms with E-state index < -0.39 is 0 Å². The first-order valence-electron chi connectivity index (χ1n) is 8.15. The summed E-state index contributed by atoms with van der Waals surface area (Å²) in [5, 5.41) is 1.17. The van der Waals surface area contributed by atoms with E-state index >= 15 is 0 Å². The largest absolute Gasteiger partial charge is 0.467 e. The summed E-state index contributed by atoms with van der Waals surface area (Å²) in [6.07, 6.45) is 1.60. The maximum Gasteiger partial charge on any atom is 0.262 e. The molecule has 132 valence electrons. The van der Waals surface area contributed by atoms with Crippen molar-refractivity contribution in [3.8, 4) is 0 Å². The Kier molecular flexibility index (Phi) is 4.60. The van der Waals surface area contributed by atoms with Gasteiger partial charge < -0.3 is 4.42 Å². The number of fused-ring (bicyclic) bond motifs is 1. The minimum Gasteiger partial charge on any atom is -0.467 e. The number of furan rings is 1. The Balaban J connectivity index is 1.81. The van der Waals surface area contributed by atoms with Crippen LogP contribution in [-0.2, 0) is 6.54 Å². The SMILES string of the molecule is CC(C)c1nsc(Sc2nc3ccccc3c(=O)n2Cc2ccco2)n1. The molecule has 0 aliphatic carbocycles. The Bertz CT molecular complexity index is 1100. The molecule has 0 saturated carbocycles. The molecular weight excluding hydrogens is 368 g/mol. The number of benzene rings is 1. The normalized spacial score (nSPS) is 11.5. The van der Waals surface area contributed by atoms with Crippen LogP contribution >= 0.6 is 23.3 Å². The van der Waals surface area contributed by atoms with Gasteiger partial charge in [-0.2, -0.15) is 4.37 Å². The third kappa shape index (κ3) is 3.30. The van der Waals surface area contributed by atoms with Gasteiger partial charge in [-0.15, -0.1) is 0 Å². The fourth-order valence-electron chi connectivity index (χ4n) is 2.50. The minimum absolute atomic E-state index is 0.0944. The molecular formula is C18H16N4O2S2. The molecule has 26 heavy (non-hydrogen) atoms. The number of para-hydroxylation sites is 1. The van der Waals surface area contributed by atoms with Gasteiger partial charge in [-0.3, -0.25) is 9.36 Å². The summed E-state index contributed by atoms with van der Waals surface area (Å²) < 4.78 is 12.2. The molecule has 0 radical (unpaired) electrons. The molecule has 0 fully saturated rings. The Morgan fingerprint density at radius 1 is 1.19 bits per heavy atom. The smallest absolute Gasteiger partial charge is 0.262 e. The molecule has 0 aliphatic heterocycles. The van der Waals surface area contributed by atoms with E-state index in [2.05, 4.69) is 28.2 Å². The molecule has 6 nitrogen and oxygen atoms in total. The number of hydrogen-bond donors (Lipinski definition) is 0. The van der Waals surface area contributed by atoms with Crippen molar-refractivity contribution >= 4 is 34.2 Å². The van der Waals surface area contributed by atoms with Crippen molar-refractivity contribution < 1.29 is 4.42 Å². The predicted octanol–water partition coefficient (Wildman–Crippen LogP) is 4.16. The molecule has 0 amide bonds. The highest BCUT2D eigenvalue weighted by atomic mass is 32.2. The fourth-order valence-corrected chi connectivity index (χ4v) is 4.24. The topological polar surface area (TPSA) is 73.8 Å². The van der Waals surface area contributed by atoms with Crippen LogP contribution in [0.3, 0.4) is 0 Å². The predicted molar refractivity (Wildman–Crippen MR) is 102 cm³/mol. The lowest BCUT2D eigenvalue weighted by Gasteiger charge is -2.10. The fraction of sp³-hybridized carbons (Fsp3) is 0.222. The lowest BCUT2D eigenvalue weighted by molar-refractivity contribution is 0.476. The van der Waals surface area contributed by atoms with Crippen LogP contribution in [0.15, 0.2) is 61.4 Å². The summed E-state index contributed by atoms with van der Waals surface area (Å²) in [6, 6.07) is 11.0. The van der Waals surface area contributed by atoms with Gasteiger partial charge in [0.05, 0.1) is 23.7 Å². The lowest BCUT2D eigenvalue weighted by atomic mass is 10.2. The van der Waals surface area contributed by atoms with Crippen molar-refractivity contribution in [2.24, 2.45) is 0 Å². The Hall–Kier alpha value is -2.45. The molecule has 0 spiro atoms. The van der Waals surface area contributed by atoms with Gasteiger partial charge in [0.1, 0.15) is 11.6 Å². The standard InChI is InChI=1S/C18H16N4O2S2/c1-11(2)15-20-18(26-21-15)25-17-19-14-8-4-3-7-13(14)16(23)22(17)10-12-6-5-9-24-12/h3-9,11H,10H2,1-2H3. The summed E-state index contributed by atoms with van der Waals surface area (Å²) in [5.41, 5.74) is 0.576. The summed E-state index contributed by atoms with van der Waals surface area (Å²) in [6.45, 7) is 4.43. The maximum atomic E-state index is 13.0. The van der Waals surface area contributed by atoms with Crippen LogP contribution in [0, 0.1) is 0 Å². The van der Waals surface area contributed by atoms with Crippen LogP contribution in [0.5, 0.6) is 0 Å². The van der Waals surface area contributed by atoms with Gasteiger partial charge in [-0.25, -0.2) is 9.97 Å². The third-order valence-corrected chi connectivity index (χ3v) is 5.60. The van der Waals surface area contributed by atoms with Crippen LogP contribution in [0.2, 0.25) is 0 Å². The Labute approximate surface area is 158 Å². The first-order valence-corrected chi connectivity index (χ1v) is 9.74. The van der Waals surface area contributed by atoms with Crippen LogP contribution in [0.1, 0.15) is 31.4 Å². The van der Waals surface area contributed by atoms with Gasteiger partial charge in [-0.05, 0) is 47.6 Å². The number of aromatic nitrogens is 4. The molecule has 0 N–H and O–H groups in total. The second kappa shape index (κ2) is 7.05. The number of rotatable bonds is 5. The van der Waals surface area contributed by atoms with E-state index in [0.717, 1.165) is 10.2 Å². The summed E-state index contributed by atoms with van der Waals surface area (Å²) in [4.78, 5) is 22.2. The van der Waals surface area contributed by atoms with Crippen molar-refractivity contribution in [1.82, 2.24) is 18.9 Å². The average molecular weight is 384 g/mol. The van der Waals surface area contributed by atoms with Crippen LogP contribution in [0.4, 0.5) is 0 Å². The third-order valence-electron chi connectivity index (χ3n) is 3.84. The first kappa shape index (κ1) is 17.0. The Morgan fingerprint density at radius 3 is 2.77 bits per heavy atom. The van der Waals surface area contributed by atoms with Gasteiger partial charge in [0.2, 0.25) is 0 Å². The van der Waals surface area contributed by atoms with Gasteiger partial charge in [-0.1, -0.05) is 26.0 Å². The lowest BCUT2D eigenvalue weighted by Crippen LogP contribution is -2.23. The minimum atomic E-state index is -0.0944. The quantitative estimate of drug-likeness (QED) is 0.481. The van der Waals surface area contributed by atoms with E-state index in [1.54, 1.807) is 23.0 Å². The van der Waals surface area contributed by atoms with E-state index in [9.17, 15) is 4.79 Å². The zero-order valence-corrected chi connectivity index (χ0v) is 15.9. The molecule has 3 heterocycles. The number of nitrogens with zero attached hydrogens (tertiary/aromatic N) is 4. The van der Waals surface area contributed by atoms with Crippen molar-refractivity contribution in [2.45, 2.75) is 35.8 Å². The molecule has 3 aromatic heterocycles. The second-order valence-electron chi connectivity index (χ2n) is 6.06. The van der Waals surface area contributed by atoms with Gasteiger partial charge in [0, 0.05) is 5.92 Å². The first-order chi connectivity index (χ1) is 12.6. The van der Waals surface area contributed by atoms with Gasteiger partial charge >= 0.3 is 0 Å². The number of hydrogen-bond acceptors (Lipinski definition) is 7. The zero-order valence-electron chi connectivity index (χ0n) is 14.2. The van der Waals surface area contributed by atoms with E-state index in [1.807, 2.05) is 24.3 Å². The van der Waals surface area contributed by atoms with Gasteiger partial charge in [0.25, 0.3) is 5.56 Å². The molecule has 8 heteroatoms. The highest BCUT2D eigenvalue weighted by molar-refractivity contribution is 8.00. The van der Waals surface area contributed by atoms with Gasteiger partial charge in [0.15, 0.2) is 9.50 Å². The highest BCUT2D eigenvalue weighted by Crippen LogP contribution is 2.29. The Morgan fingerprint density at radius 2 is 2.04 bits per heavy atom.